The Balaban J connectivity index is 3.70. The van der Waals surface area contributed by atoms with Gasteiger partial charge in [-0.1, -0.05) is 0 Å². The van der Waals surface area contributed by atoms with Gasteiger partial charge in [0.2, 0.25) is 5.91 Å². The summed E-state index contributed by atoms with van der Waals surface area (Å²) >= 11 is 6.00. The van der Waals surface area contributed by atoms with Crippen LogP contribution in [0.5, 0.6) is 0 Å². The molecule has 0 fully saturated rings. The van der Waals surface area contributed by atoms with Gasteiger partial charge in [-0.25, -0.2) is 0 Å². The molecule has 0 aromatic heterocycles. The first-order valence-electron chi connectivity index (χ1n) is 2.43. The van der Waals surface area contributed by atoms with E-state index in [-0.39, 0.29) is 5.91 Å². The predicted molar refractivity (Wildman–Crippen MR) is 49.2 cm³/mol. The monoisotopic (exact) mass is 199 g/mol. The van der Waals surface area contributed by atoms with E-state index in [1.165, 1.54) is 11.8 Å². The van der Waals surface area contributed by atoms with Crippen molar-refractivity contribution >= 4 is 36.0 Å². The summed E-state index contributed by atoms with van der Waals surface area (Å²) in [6.45, 7) is -2.53. The molecule has 0 unspecified atom stereocenters. The lowest BCUT2D eigenvalue weighted by Gasteiger charge is -2.10. The van der Waals surface area contributed by atoms with Crippen LogP contribution < -0.4 is 16.1 Å². The number of hydrogen-bond acceptors (Lipinski definition) is 3. The highest BCUT2D eigenvalue weighted by Gasteiger charge is 2.06. The van der Waals surface area contributed by atoms with Crippen LogP contribution in [0, 0.1) is 0 Å². The van der Waals surface area contributed by atoms with Crippen LogP contribution in [-0.4, -0.2) is 17.9 Å². The van der Waals surface area contributed by atoms with Gasteiger partial charge in [-0.15, -0.1) is 0 Å². The number of hydrogen-bond donors (Lipinski definition) is 3. The Kier molecular flexibility index (Phi) is 4.47. The van der Waals surface area contributed by atoms with Crippen molar-refractivity contribution in [1.29, 1.82) is 0 Å². The fraction of sp³-hybridized carbons (Fsp3) is 0.667. The van der Waals surface area contributed by atoms with Crippen LogP contribution in [0.1, 0.15) is 0 Å². The molecule has 4 nitrogen and oxygen atoms in total. The molecule has 0 heterocycles. The lowest BCUT2D eigenvalue weighted by atomic mass is 10.8. The summed E-state index contributed by atoms with van der Waals surface area (Å²) < 4.78 is 0. The van der Waals surface area contributed by atoms with Crippen molar-refractivity contribution in [3.8, 4) is 0 Å². The number of nitrogens with two attached hydrogens (primary N) is 2. The van der Waals surface area contributed by atoms with E-state index < -0.39 is 6.49 Å². The molecule has 0 saturated heterocycles. The predicted octanol–water partition coefficient (Wildman–Crippen LogP) is -0.393. The summed E-state index contributed by atoms with van der Waals surface area (Å²) in [5.41, 5.74) is 10.5. The molecule has 10 heavy (non-hydrogen) atoms. The Morgan fingerprint density at radius 2 is 2.30 bits per heavy atom. The summed E-state index contributed by atoms with van der Waals surface area (Å²) in [5.74, 6) is 0.160. The molecule has 0 aromatic carbocycles. The molecule has 0 aliphatic carbocycles. The molecule has 0 saturated carbocycles. The maximum absolute atomic E-state index is 10.7. The van der Waals surface area contributed by atoms with Crippen LogP contribution in [-0.2, 0) is 16.6 Å². The highest BCUT2D eigenvalue weighted by Crippen LogP contribution is 2.17. The summed E-state index contributed by atoms with van der Waals surface area (Å²) in [6.07, 6.45) is 1.82. The Morgan fingerprint density at radius 3 is 2.60 bits per heavy atom. The molecule has 60 valence electrons. The van der Waals surface area contributed by atoms with Crippen LogP contribution in [0.15, 0.2) is 0 Å². The highest BCUT2D eigenvalue weighted by molar-refractivity contribution is 8.11. The maximum atomic E-state index is 10.7. The van der Waals surface area contributed by atoms with Crippen LogP contribution >= 0.6 is 18.3 Å². The lowest BCUT2D eigenvalue weighted by Crippen LogP contribution is -2.29. The average molecular weight is 199 g/mol. The molecular weight excluding hydrogens is 189 g/mol. The third kappa shape index (κ3) is 6.51. The van der Waals surface area contributed by atoms with Gasteiger partial charge < -0.3 is 5.09 Å². The summed E-state index contributed by atoms with van der Waals surface area (Å²) in [7, 11) is 0. The van der Waals surface area contributed by atoms with Crippen molar-refractivity contribution in [2.45, 2.75) is 0 Å². The van der Waals surface area contributed by atoms with E-state index in [9.17, 15) is 4.79 Å². The van der Waals surface area contributed by atoms with Gasteiger partial charge in [-0.05, 0) is 18.1 Å². The number of carbonyl (C=O) groups excluding carboxylic acids is 1. The Morgan fingerprint density at radius 1 is 1.80 bits per heavy atom. The number of nitrogens with one attached hydrogen (secondary N) is 1. The van der Waals surface area contributed by atoms with E-state index in [0.29, 0.717) is 5.75 Å². The van der Waals surface area contributed by atoms with E-state index in [1.807, 2.05) is 6.26 Å². The zero-order chi connectivity index (χ0) is 8.20. The van der Waals surface area contributed by atoms with Crippen molar-refractivity contribution in [1.82, 2.24) is 5.09 Å². The normalized spacial score (nSPS) is 11.1. The highest BCUT2D eigenvalue weighted by atomic mass is 32.4. The van der Waals surface area contributed by atoms with Gasteiger partial charge in [0.25, 0.3) is 0 Å². The van der Waals surface area contributed by atoms with Crippen molar-refractivity contribution in [3.05, 3.63) is 0 Å². The quantitative estimate of drug-likeness (QED) is 0.539. The van der Waals surface area contributed by atoms with Gasteiger partial charge >= 0.3 is 0 Å². The SMILES string of the molecule is CSCC(=O)NP(N)(N)=S. The van der Waals surface area contributed by atoms with Gasteiger partial charge in [0.15, 0.2) is 6.49 Å². The van der Waals surface area contributed by atoms with Gasteiger partial charge in [0, 0.05) is 0 Å². The minimum Gasteiger partial charge on any atom is -0.305 e. The molecule has 0 aliphatic rings. The molecule has 0 radical (unpaired) electrons. The van der Waals surface area contributed by atoms with E-state index in [1.54, 1.807) is 0 Å². The fourth-order valence-corrected chi connectivity index (χ4v) is 1.57. The Labute approximate surface area is 69.3 Å². The van der Waals surface area contributed by atoms with E-state index >= 15 is 0 Å². The third-order valence-electron chi connectivity index (χ3n) is 0.575. The second kappa shape index (κ2) is 4.31. The molecule has 1 amide bonds. The molecule has 0 aliphatic heterocycles. The second-order valence-corrected chi connectivity index (χ2v) is 6.00. The van der Waals surface area contributed by atoms with Crippen LogP contribution in [0.3, 0.4) is 0 Å². The molecule has 0 atom stereocenters. The molecule has 0 rings (SSSR count). The molecule has 7 heteroatoms. The van der Waals surface area contributed by atoms with Crippen LogP contribution in [0.25, 0.3) is 0 Å². The molecule has 0 bridgehead atoms. The number of rotatable bonds is 3. The number of amides is 1. The Hall–Kier alpha value is 0.390. The van der Waals surface area contributed by atoms with Gasteiger partial charge in [-0.2, -0.15) is 11.8 Å². The minimum absolute atomic E-state index is 0.194. The molecular formula is C3H10N3OPS2. The number of thioether (sulfide) groups is 1. The van der Waals surface area contributed by atoms with Crippen molar-refractivity contribution in [2.75, 3.05) is 12.0 Å². The smallest absolute Gasteiger partial charge is 0.235 e. The first-order chi connectivity index (χ1) is 4.45. The van der Waals surface area contributed by atoms with Crippen LogP contribution in [0.4, 0.5) is 0 Å². The largest absolute Gasteiger partial charge is 0.305 e. The zero-order valence-electron chi connectivity index (χ0n) is 5.53. The first kappa shape index (κ1) is 10.4. The van der Waals surface area contributed by atoms with E-state index in [2.05, 4.69) is 16.9 Å². The van der Waals surface area contributed by atoms with Crippen molar-refractivity contribution < 1.29 is 4.79 Å². The minimum atomic E-state index is -2.53. The van der Waals surface area contributed by atoms with E-state index in [0.717, 1.165) is 0 Å². The molecule has 0 aromatic rings. The average Bonchev–Trinajstić information content (AvgIpc) is 1.59. The summed E-state index contributed by atoms with van der Waals surface area (Å²) in [6, 6.07) is 0. The number of carbonyl (C=O) groups is 1. The third-order valence-corrected chi connectivity index (χ3v) is 2.00. The fourth-order valence-electron chi connectivity index (χ4n) is 0.358. The summed E-state index contributed by atoms with van der Waals surface area (Å²) in [4.78, 5) is 10.7. The molecule has 0 spiro atoms. The standard InChI is InChI=1S/C3H10N3OPS2/c1-10-2-3(7)6-8(4,5)9/h2H2,1H3,(H5,4,5,6,7,9). The van der Waals surface area contributed by atoms with Crippen molar-refractivity contribution in [3.63, 3.8) is 0 Å². The lowest BCUT2D eigenvalue weighted by molar-refractivity contribution is -0.116. The van der Waals surface area contributed by atoms with E-state index in [4.69, 9.17) is 11.0 Å². The first-order valence-corrected chi connectivity index (χ1v) is 6.76. The Bertz CT molecular complexity index is 167. The van der Waals surface area contributed by atoms with Crippen LogP contribution in [0.2, 0.25) is 0 Å². The van der Waals surface area contributed by atoms with Crippen molar-refractivity contribution in [2.24, 2.45) is 11.0 Å². The topological polar surface area (TPSA) is 81.1 Å². The van der Waals surface area contributed by atoms with Gasteiger partial charge in [0.1, 0.15) is 0 Å². The zero-order valence-corrected chi connectivity index (χ0v) is 8.06. The second-order valence-electron chi connectivity index (χ2n) is 1.68. The maximum Gasteiger partial charge on any atom is 0.235 e. The van der Waals surface area contributed by atoms with Gasteiger partial charge in [-0.3, -0.25) is 15.8 Å². The molecule has 5 N–H and O–H groups in total. The van der Waals surface area contributed by atoms with Gasteiger partial charge in [0.05, 0.1) is 5.75 Å². The summed E-state index contributed by atoms with van der Waals surface area (Å²) in [5, 5.41) is 2.34.